The van der Waals surface area contributed by atoms with E-state index in [2.05, 4.69) is 5.32 Å². The number of carbonyl (C=O) groups excluding carboxylic acids is 2. The minimum atomic E-state index is -0.628. The van der Waals surface area contributed by atoms with Gasteiger partial charge in [0.25, 0.3) is 0 Å². The molecule has 0 spiro atoms. The fourth-order valence-corrected chi connectivity index (χ4v) is 5.02. The molecule has 2 amide bonds. The zero-order valence-corrected chi connectivity index (χ0v) is 23.5. The molecule has 3 aromatic carbocycles. The molecule has 0 bridgehead atoms. The third-order valence-electron chi connectivity index (χ3n) is 6.97. The third kappa shape index (κ3) is 5.56. The van der Waals surface area contributed by atoms with Gasteiger partial charge in [-0.05, 0) is 48.4 Å². The highest BCUT2D eigenvalue weighted by Crippen LogP contribution is 2.44. The molecule has 1 aliphatic rings. The first-order valence-corrected chi connectivity index (χ1v) is 12.7. The molecule has 0 radical (unpaired) electrons. The van der Waals surface area contributed by atoms with Gasteiger partial charge in [0.2, 0.25) is 17.6 Å². The maximum absolute atomic E-state index is 13.9. The molecular formula is C30H34N2O8. The average Bonchev–Trinajstić information content (AvgIpc) is 2.99. The van der Waals surface area contributed by atoms with E-state index in [1.165, 1.54) is 21.3 Å². The third-order valence-corrected chi connectivity index (χ3v) is 6.97. The maximum atomic E-state index is 13.9. The van der Waals surface area contributed by atoms with Gasteiger partial charge in [-0.1, -0.05) is 6.07 Å². The number of nitrogens with zero attached hydrogens (tertiary/aromatic N) is 1. The highest BCUT2D eigenvalue weighted by atomic mass is 16.5. The summed E-state index contributed by atoms with van der Waals surface area (Å²) in [5.41, 5.74) is 1.85. The first kappa shape index (κ1) is 28.4. The summed E-state index contributed by atoms with van der Waals surface area (Å²) in [5.74, 6) is 1.98. The molecule has 0 saturated carbocycles. The van der Waals surface area contributed by atoms with Crippen LogP contribution in [0.3, 0.4) is 0 Å². The number of hydrogen-bond acceptors (Lipinski definition) is 8. The Balaban J connectivity index is 1.78. The van der Waals surface area contributed by atoms with Crippen molar-refractivity contribution in [3.63, 3.8) is 0 Å². The number of amides is 2. The first-order chi connectivity index (χ1) is 19.4. The maximum Gasteiger partial charge on any atom is 0.229 e. The van der Waals surface area contributed by atoms with Gasteiger partial charge in [0, 0.05) is 29.9 Å². The van der Waals surface area contributed by atoms with E-state index < -0.39 is 12.0 Å². The van der Waals surface area contributed by atoms with Crippen molar-refractivity contribution >= 4 is 23.2 Å². The second-order valence-electron chi connectivity index (χ2n) is 9.07. The van der Waals surface area contributed by atoms with Crippen LogP contribution in [0.15, 0.2) is 54.6 Å². The van der Waals surface area contributed by atoms with E-state index in [4.69, 9.17) is 28.4 Å². The quantitative estimate of drug-likeness (QED) is 0.382. The van der Waals surface area contributed by atoms with Crippen LogP contribution in [0.2, 0.25) is 0 Å². The van der Waals surface area contributed by atoms with Crippen molar-refractivity contribution in [1.82, 2.24) is 0 Å². The molecule has 3 aromatic rings. The number of methoxy groups -OCH3 is 6. The van der Waals surface area contributed by atoms with Crippen molar-refractivity contribution < 1.29 is 38.0 Å². The molecule has 1 aliphatic heterocycles. The van der Waals surface area contributed by atoms with Crippen LogP contribution in [0.4, 0.5) is 11.4 Å². The number of ether oxygens (including phenoxy) is 6. The number of anilines is 2. The van der Waals surface area contributed by atoms with Crippen LogP contribution in [0.5, 0.6) is 34.5 Å². The van der Waals surface area contributed by atoms with Gasteiger partial charge >= 0.3 is 0 Å². The summed E-state index contributed by atoms with van der Waals surface area (Å²) in [6.45, 7) is 0. The van der Waals surface area contributed by atoms with E-state index in [-0.39, 0.29) is 18.2 Å². The van der Waals surface area contributed by atoms with Crippen molar-refractivity contribution in [2.45, 2.75) is 18.9 Å². The largest absolute Gasteiger partial charge is 0.497 e. The van der Waals surface area contributed by atoms with Crippen molar-refractivity contribution in [1.29, 1.82) is 0 Å². The summed E-state index contributed by atoms with van der Waals surface area (Å²) in [5, 5.41) is 3.00. The Morgan fingerprint density at radius 1 is 0.750 bits per heavy atom. The lowest BCUT2D eigenvalue weighted by molar-refractivity contribution is -0.125. The van der Waals surface area contributed by atoms with Gasteiger partial charge in [-0.2, -0.15) is 0 Å². The fraction of sp³-hybridized carbons (Fsp3) is 0.333. The number of carbonyl (C=O) groups is 2. The van der Waals surface area contributed by atoms with Crippen LogP contribution >= 0.6 is 0 Å². The smallest absolute Gasteiger partial charge is 0.229 e. The fourth-order valence-electron chi connectivity index (χ4n) is 5.02. The van der Waals surface area contributed by atoms with E-state index in [9.17, 15) is 9.59 Å². The van der Waals surface area contributed by atoms with E-state index in [1.807, 2.05) is 18.2 Å². The monoisotopic (exact) mass is 550 g/mol. The molecule has 0 aliphatic carbocycles. The highest BCUT2D eigenvalue weighted by Gasteiger charge is 2.42. The van der Waals surface area contributed by atoms with Gasteiger partial charge in [-0.15, -0.1) is 0 Å². The van der Waals surface area contributed by atoms with Crippen LogP contribution < -0.4 is 38.6 Å². The van der Waals surface area contributed by atoms with Gasteiger partial charge < -0.3 is 38.6 Å². The Morgan fingerprint density at radius 2 is 1.38 bits per heavy atom. The first-order valence-electron chi connectivity index (χ1n) is 12.7. The lowest BCUT2D eigenvalue weighted by Crippen LogP contribution is -2.47. The van der Waals surface area contributed by atoms with Crippen LogP contribution in [0.25, 0.3) is 0 Å². The van der Waals surface area contributed by atoms with E-state index in [0.717, 1.165) is 5.56 Å². The molecule has 2 atom stereocenters. The number of hydrogen-bond donors (Lipinski definition) is 1. The predicted octanol–water partition coefficient (Wildman–Crippen LogP) is 4.86. The standard InChI is InChI=1S/C30H34N2O8/c1-35-21-10-8-20(9-11-21)32-27(33)14-12-22(28(32)18-7-13-23(36-2)24(15-18)37-3)30(34)31-19-16-25(38-4)29(40-6)26(17-19)39-5/h7-11,13,15-17,22,28H,12,14H2,1-6H3,(H,31,34)/t22-,28+/m0/s1. The predicted molar refractivity (Wildman–Crippen MR) is 150 cm³/mol. The summed E-state index contributed by atoms with van der Waals surface area (Å²) in [4.78, 5) is 29.0. The molecule has 40 heavy (non-hydrogen) atoms. The van der Waals surface area contributed by atoms with Crippen LogP contribution in [0.1, 0.15) is 24.4 Å². The van der Waals surface area contributed by atoms with Crippen molar-refractivity contribution in [2.75, 3.05) is 52.9 Å². The number of nitrogens with one attached hydrogen (secondary N) is 1. The van der Waals surface area contributed by atoms with Crippen molar-refractivity contribution in [3.05, 3.63) is 60.2 Å². The Hall–Kier alpha value is -4.60. The van der Waals surface area contributed by atoms with Crippen molar-refractivity contribution in [2.24, 2.45) is 5.92 Å². The molecule has 1 fully saturated rings. The average molecular weight is 551 g/mol. The molecule has 0 unspecified atom stereocenters. The topological polar surface area (TPSA) is 105 Å². The minimum Gasteiger partial charge on any atom is -0.497 e. The number of benzene rings is 3. The molecule has 1 saturated heterocycles. The number of piperidine rings is 1. The van der Waals surface area contributed by atoms with Gasteiger partial charge in [0.15, 0.2) is 23.0 Å². The highest BCUT2D eigenvalue weighted by molar-refractivity contribution is 6.00. The zero-order valence-electron chi connectivity index (χ0n) is 23.5. The van der Waals surface area contributed by atoms with E-state index in [1.54, 1.807) is 62.6 Å². The Labute approximate surface area is 233 Å². The van der Waals surface area contributed by atoms with Gasteiger partial charge in [0.05, 0.1) is 54.6 Å². The summed E-state index contributed by atoms with van der Waals surface area (Å²) in [6.07, 6.45) is 0.546. The Bertz CT molecular complexity index is 1330. The normalized spacial score (nSPS) is 16.6. The Morgan fingerprint density at radius 3 is 1.93 bits per heavy atom. The van der Waals surface area contributed by atoms with Crippen LogP contribution in [-0.4, -0.2) is 54.5 Å². The van der Waals surface area contributed by atoms with Crippen molar-refractivity contribution in [3.8, 4) is 34.5 Å². The summed E-state index contributed by atoms with van der Waals surface area (Å²) in [7, 11) is 9.21. The molecule has 212 valence electrons. The molecule has 10 nitrogen and oxygen atoms in total. The zero-order chi connectivity index (χ0) is 28.8. The van der Waals surface area contributed by atoms with E-state index >= 15 is 0 Å². The van der Waals surface area contributed by atoms with Gasteiger partial charge in [-0.25, -0.2) is 0 Å². The molecule has 4 rings (SSSR count). The Kier molecular flexibility index (Phi) is 8.88. The molecular weight excluding hydrogens is 516 g/mol. The summed E-state index contributed by atoms with van der Waals surface area (Å²) in [6, 6.07) is 15.3. The molecule has 10 heteroatoms. The molecule has 1 heterocycles. The lowest BCUT2D eigenvalue weighted by Gasteiger charge is -2.41. The molecule has 0 aromatic heterocycles. The van der Waals surface area contributed by atoms with Crippen LogP contribution in [0, 0.1) is 5.92 Å². The summed E-state index contributed by atoms with van der Waals surface area (Å²) >= 11 is 0. The lowest BCUT2D eigenvalue weighted by atomic mass is 9.83. The molecule has 1 N–H and O–H groups in total. The van der Waals surface area contributed by atoms with Gasteiger partial charge in [-0.3, -0.25) is 9.59 Å². The SMILES string of the molecule is COc1ccc(N2C(=O)CC[C@H](C(=O)Nc3cc(OC)c(OC)c(OC)c3)[C@H]2c2ccc(OC)c(OC)c2)cc1. The van der Waals surface area contributed by atoms with Gasteiger partial charge in [0.1, 0.15) is 5.75 Å². The summed E-state index contributed by atoms with van der Waals surface area (Å²) < 4.78 is 32.6. The minimum absolute atomic E-state index is 0.0956. The van der Waals surface area contributed by atoms with E-state index in [0.29, 0.717) is 52.3 Å². The number of rotatable bonds is 10. The second kappa shape index (κ2) is 12.5. The van der Waals surface area contributed by atoms with Crippen LogP contribution in [-0.2, 0) is 9.59 Å². The second-order valence-corrected chi connectivity index (χ2v) is 9.07.